The molecule has 0 spiro atoms. The van der Waals surface area contributed by atoms with Crippen molar-refractivity contribution in [1.82, 2.24) is 10.2 Å². The zero-order chi connectivity index (χ0) is 30.5. The van der Waals surface area contributed by atoms with Gasteiger partial charge in [0.1, 0.15) is 22.8 Å². The third-order valence-electron chi connectivity index (χ3n) is 8.41. The third kappa shape index (κ3) is 4.67. The van der Waals surface area contributed by atoms with Crippen LogP contribution in [0.2, 0.25) is 0 Å². The number of phenols is 1. The highest BCUT2D eigenvalue weighted by atomic mass is 16.7. The van der Waals surface area contributed by atoms with E-state index in [2.05, 4.69) is 5.32 Å². The first-order valence-electron chi connectivity index (χ1n) is 13.2. The van der Waals surface area contributed by atoms with Crippen molar-refractivity contribution in [3.8, 4) is 5.75 Å². The van der Waals surface area contributed by atoms with Gasteiger partial charge in [0.25, 0.3) is 5.91 Å². The zero-order valence-electron chi connectivity index (χ0n) is 24.0. The van der Waals surface area contributed by atoms with E-state index in [4.69, 9.17) is 15.2 Å². The number of rotatable bonds is 9. The van der Waals surface area contributed by atoms with Crippen LogP contribution in [0.15, 0.2) is 23.0 Å². The van der Waals surface area contributed by atoms with Gasteiger partial charge in [-0.2, -0.15) is 0 Å². The predicted molar refractivity (Wildman–Crippen MR) is 148 cm³/mol. The summed E-state index contributed by atoms with van der Waals surface area (Å²) in [6, 6.07) is 0.654. The van der Waals surface area contributed by atoms with Crippen LogP contribution in [0, 0.1) is 11.8 Å². The molecule has 0 aliphatic heterocycles. The molecule has 1 fully saturated rings. The topological polar surface area (TPSA) is 195 Å². The third-order valence-corrected chi connectivity index (χ3v) is 8.41. The summed E-state index contributed by atoms with van der Waals surface area (Å²) in [6.45, 7) is 0.482. The Morgan fingerprint density at radius 2 is 1.80 bits per heavy atom. The minimum absolute atomic E-state index is 0.0259. The van der Waals surface area contributed by atoms with E-state index in [0.717, 1.165) is 0 Å². The first-order chi connectivity index (χ1) is 19.2. The molecule has 1 amide bonds. The molecule has 13 heteroatoms. The lowest BCUT2D eigenvalue weighted by Crippen LogP contribution is -2.65. The highest BCUT2D eigenvalue weighted by Gasteiger charge is 2.64. The first-order valence-corrected chi connectivity index (χ1v) is 13.2. The molecule has 1 aromatic carbocycles. The Balaban J connectivity index is 1.88. The number of ether oxygens (including phenoxy) is 2. The molecule has 224 valence electrons. The fourth-order valence-corrected chi connectivity index (χ4v) is 6.47. The van der Waals surface area contributed by atoms with Crippen LogP contribution in [-0.4, -0.2) is 110 Å². The number of primary amides is 1. The highest BCUT2D eigenvalue weighted by Crippen LogP contribution is 2.54. The molecule has 4 rings (SSSR count). The maximum atomic E-state index is 14.0. The summed E-state index contributed by atoms with van der Waals surface area (Å²) >= 11 is 0. The molecule has 3 aliphatic carbocycles. The van der Waals surface area contributed by atoms with Crippen LogP contribution < -0.4 is 16.0 Å². The van der Waals surface area contributed by atoms with Gasteiger partial charge >= 0.3 is 0 Å². The monoisotopic (exact) mass is 574 g/mol. The normalized spacial score (nSPS) is 25.9. The predicted octanol–water partition coefficient (Wildman–Crippen LogP) is -0.261. The fourth-order valence-electron chi connectivity index (χ4n) is 6.47. The van der Waals surface area contributed by atoms with Crippen molar-refractivity contribution in [3.63, 3.8) is 0 Å². The van der Waals surface area contributed by atoms with Crippen molar-refractivity contribution in [2.45, 2.75) is 37.3 Å². The van der Waals surface area contributed by atoms with Crippen molar-refractivity contribution in [1.29, 1.82) is 0 Å². The number of methoxy groups -OCH3 is 2. The summed E-state index contributed by atoms with van der Waals surface area (Å²) in [4.78, 5) is 42.7. The number of fused-ring (bicyclic) bond motifs is 3. The zero-order valence-corrected chi connectivity index (χ0v) is 24.0. The Kier molecular flexibility index (Phi) is 8.22. The molecule has 41 heavy (non-hydrogen) atoms. The van der Waals surface area contributed by atoms with E-state index in [1.807, 2.05) is 19.0 Å². The fraction of sp³-hybridized carbons (Fsp3) is 0.536. The Morgan fingerprint density at radius 3 is 2.34 bits per heavy atom. The SMILES string of the molecule is COC(CNCc1cc(N(C)C)c2c(c1O)C(O)=C1C(=O)[C@@]3(O)C(O)=C(C(N)=O)C(=O)C(N(C)C)[C@H]3C[C@H]1C2)OC. The summed E-state index contributed by atoms with van der Waals surface area (Å²) in [5.41, 5.74) is 3.42. The van der Waals surface area contributed by atoms with Crippen molar-refractivity contribution in [3.05, 3.63) is 39.7 Å². The van der Waals surface area contributed by atoms with Gasteiger partial charge in [-0.15, -0.1) is 0 Å². The van der Waals surface area contributed by atoms with Gasteiger partial charge in [-0.1, -0.05) is 0 Å². The number of amides is 1. The molecule has 0 saturated heterocycles. The van der Waals surface area contributed by atoms with E-state index in [9.17, 15) is 34.8 Å². The number of carbonyl (C=O) groups excluding carboxylic acids is 3. The Bertz CT molecular complexity index is 1350. The summed E-state index contributed by atoms with van der Waals surface area (Å²) < 4.78 is 10.4. The van der Waals surface area contributed by atoms with Crippen LogP contribution in [0.3, 0.4) is 0 Å². The molecule has 1 unspecified atom stereocenters. The van der Waals surface area contributed by atoms with Gasteiger partial charge in [-0.25, -0.2) is 0 Å². The summed E-state index contributed by atoms with van der Waals surface area (Å²) in [5, 5.41) is 48.8. The number of benzene rings is 1. The summed E-state index contributed by atoms with van der Waals surface area (Å²) in [5.74, 6) is -6.79. The molecule has 0 aromatic heterocycles. The van der Waals surface area contributed by atoms with Crippen molar-refractivity contribution < 1.29 is 44.3 Å². The number of phenolic OH excluding ortho intramolecular Hbond substituents is 1. The molecule has 0 radical (unpaired) electrons. The number of anilines is 1. The average molecular weight is 575 g/mol. The average Bonchev–Trinajstić information content (AvgIpc) is 2.89. The molecule has 1 aromatic rings. The number of carbonyl (C=O) groups is 3. The second-order valence-electron chi connectivity index (χ2n) is 11.1. The standard InChI is InChI=1S/C28H38N4O9/c1-31(2)16-9-13(10-30-11-17(40-5)41-6)22(33)19-14(16)7-12-8-15-21(32(3)4)24(35)20(27(29)38)26(37)28(15,39)25(36)18(12)23(19)34/h9,12,15,17,21,30,33-34,37,39H,7-8,10-11H2,1-6H3,(H2,29,38)/t12-,15-,21?,28-/m1/s1. The highest BCUT2D eigenvalue weighted by molar-refractivity contribution is 6.24. The Labute approximate surface area is 237 Å². The first kappa shape index (κ1) is 30.5. The molecule has 1 saturated carbocycles. The number of nitrogens with one attached hydrogen (secondary N) is 1. The van der Waals surface area contributed by atoms with Gasteiger partial charge in [0.05, 0.1) is 11.6 Å². The Hall–Kier alpha value is -3.49. The van der Waals surface area contributed by atoms with E-state index >= 15 is 0 Å². The van der Waals surface area contributed by atoms with Gasteiger partial charge in [0, 0.05) is 64.1 Å². The lowest BCUT2D eigenvalue weighted by atomic mass is 9.57. The molecule has 13 nitrogen and oxygen atoms in total. The number of nitrogens with zero attached hydrogens (tertiary/aromatic N) is 2. The number of nitrogens with two attached hydrogens (primary N) is 1. The minimum Gasteiger partial charge on any atom is -0.508 e. The summed E-state index contributed by atoms with van der Waals surface area (Å²) in [7, 11) is 9.75. The van der Waals surface area contributed by atoms with Crippen molar-refractivity contribution >= 4 is 28.9 Å². The number of aliphatic hydroxyl groups excluding tert-OH is 2. The Morgan fingerprint density at radius 1 is 1.17 bits per heavy atom. The minimum atomic E-state index is -2.68. The van der Waals surface area contributed by atoms with Crippen molar-refractivity contribution in [2.24, 2.45) is 17.6 Å². The van der Waals surface area contributed by atoms with E-state index < -0.39 is 64.3 Å². The number of aromatic hydroxyl groups is 1. The number of likely N-dealkylation sites (N-methyl/N-ethyl adjacent to an activating group) is 1. The van der Waals surface area contributed by atoms with Crippen molar-refractivity contribution in [2.75, 3.05) is 53.9 Å². The maximum absolute atomic E-state index is 14.0. The second-order valence-corrected chi connectivity index (χ2v) is 11.1. The van der Waals surface area contributed by atoms with Crippen LogP contribution in [0.25, 0.3) is 5.76 Å². The lowest BCUT2D eigenvalue weighted by Gasteiger charge is -2.50. The quantitative estimate of drug-likeness (QED) is 0.167. The van der Waals surface area contributed by atoms with E-state index in [1.54, 1.807) is 20.2 Å². The molecule has 4 atom stereocenters. The number of Topliss-reactive ketones (excluding diaryl/α,β-unsaturated/α-hetero) is 2. The maximum Gasteiger partial charge on any atom is 0.255 e. The van der Waals surface area contributed by atoms with E-state index in [-0.39, 0.29) is 36.3 Å². The van der Waals surface area contributed by atoms with Gasteiger partial charge in [-0.3, -0.25) is 19.3 Å². The van der Waals surface area contributed by atoms with Gasteiger partial charge in [0.15, 0.2) is 17.7 Å². The molecule has 3 aliphatic rings. The molecule has 0 bridgehead atoms. The smallest absolute Gasteiger partial charge is 0.255 e. The number of aliphatic hydroxyl groups is 3. The van der Waals surface area contributed by atoms with Gasteiger partial charge in [0.2, 0.25) is 5.78 Å². The number of hydrogen-bond donors (Lipinski definition) is 6. The van der Waals surface area contributed by atoms with Crippen LogP contribution in [0.1, 0.15) is 23.1 Å². The molecular formula is C28H38N4O9. The lowest BCUT2D eigenvalue weighted by molar-refractivity contribution is -0.153. The summed E-state index contributed by atoms with van der Waals surface area (Å²) in [6.07, 6.45) is -0.288. The van der Waals surface area contributed by atoms with Crippen LogP contribution in [0.5, 0.6) is 5.75 Å². The molecule has 0 heterocycles. The number of hydrogen-bond acceptors (Lipinski definition) is 12. The van der Waals surface area contributed by atoms with Gasteiger partial charge < -0.3 is 45.9 Å². The molecular weight excluding hydrogens is 536 g/mol. The molecule has 7 N–H and O–H groups in total. The van der Waals surface area contributed by atoms with Crippen LogP contribution in [-0.2, 0) is 36.8 Å². The van der Waals surface area contributed by atoms with E-state index in [0.29, 0.717) is 23.4 Å². The van der Waals surface area contributed by atoms with Gasteiger partial charge in [-0.05, 0) is 44.5 Å². The van der Waals surface area contributed by atoms with Crippen LogP contribution in [0.4, 0.5) is 5.69 Å². The number of ketones is 2. The van der Waals surface area contributed by atoms with Crippen LogP contribution >= 0.6 is 0 Å². The van der Waals surface area contributed by atoms with E-state index in [1.165, 1.54) is 19.1 Å². The largest absolute Gasteiger partial charge is 0.508 e. The second kappa shape index (κ2) is 11.1.